The van der Waals surface area contributed by atoms with Crippen molar-refractivity contribution in [3.05, 3.63) is 0 Å². The SMILES string of the molecule is CCC1CCC(CC(=O)O)C(C)(C)CC1. The minimum absolute atomic E-state index is 0.211. The van der Waals surface area contributed by atoms with Gasteiger partial charge in [0.1, 0.15) is 0 Å². The molecule has 1 aliphatic rings. The van der Waals surface area contributed by atoms with Gasteiger partial charge in [0.25, 0.3) is 0 Å². The van der Waals surface area contributed by atoms with Crippen molar-refractivity contribution in [1.82, 2.24) is 0 Å². The Bertz CT molecular complexity index is 221. The van der Waals surface area contributed by atoms with Gasteiger partial charge in [-0.3, -0.25) is 4.79 Å². The largest absolute Gasteiger partial charge is 0.481 e. The lowest BCUT2D eigenvalue weighted by molar-refractivity contribution is -0.139. The zero-order valence-electron chi connectivity index (χ0n) is 10.3. The first-order chi connectivity index (χ1) is 6.95. The summed E-state index contributed by atoms with van der Waals surface area (Å²) in [6, 6.07) is 0. The molecule has 0 spiro atoms. The third-order valence-electron chi connectivity index (χ3n) is 4.22. The second-order valence-corrected chi connectivity index (χ2v) is 5.67. The van der Waals surface area contributed by atoms with Gasteiger partial charge in [-0.2, -0.15) is 0 Å². The lowest BCUT2D eigenvalue weighted by Gasteiger charge is -2.31. The van der Waals surface area contributed by atoms with E-state index in [0.717, 1.165) is 12.3 Å². The van der Waals surface area contributed by atoms with Crippen LogP contribution in [0.15, 0.2) is 0 Å². The summed E-state index contributed by atoms with van der Waals surface area (Å²) in [6.07, 6.45) is 6.37. The Morgan fingerprint density at radius 1 is 1.33 bits per heavy atom. The van der Waals surface area contributed by atoms with Gasteiger partial charge >= 0.3 is 5.97 Å². The summed E-state index contributed by atoms with van der Waals surface area (Å²) < 4.78 is 0. The Balaban J connectivity index is 2.64. The molecule has 2 unspecified atom stereocenters. The molecule has 1 N–H and O–H groups in total. The Morgan fingerprint density at radius 2 is 2.00 bits per heavy atom. The zero-order chi connectivity index (χ0) is 11.5. The van der Waals surface area contributed by atoms with Crippen LogP contribution >= 0.6 is 0 Å². The molecule has 0 heterocycles. The van der Waals surface area contributed by atoms with Crippen LogP contribution in [-0.4, -0.2) is 11.1 Å². The smallest absolute Gasteiger partial charge is 0.303 e. The maximum Gasteiger partial charge on any atom is 0.303 e. The second-order valence-electron chi connectivity index (χ2n) is 5.67. The number of hydrogen-bond acceptors (Lipinski definition) is 1. The van der Waals surface area contributed by atoms with Crippen LogP contribution in [0.5, 0.6) is 0 Å². The van der Waals surface area contributed by atoms with Crippen molar-refractivity contribution in [2.24, 2.45) is 17.3 Å². The normalized spacial score (nSPS) is 30.9. The molecule has 0 bridgehead atoms. The molecule has 1 aliphatic carbocycles. The molecule has 0 radical (unpaired) electrons. The highest BCUT2D eigenvalue weighted by atomic mass is 16.4. The third-order valence-corrected chi connectivity index (χ3v) is 4.22. The van der Waals surface area contributed by atoms with Gasteiger partial charge in [-0.15, -0.1) is 0 Å². The highest BCUT2D eigenvalue weighted by Gasteiger charge is 2.34. The first kappa shape index (κ1) is 12.5. The highest BCUT2D eigenvalue weighted by molar-refractivity contribution is 5.67. The fourth-order valence-corrected chi connectivity index (χ4v) is 2.75. The molecule has 0 saturated heterocycles. The van der Waals surface area contributed by atoms with Gasteiger partial charge in [0.15, 0.2) is 0 Å². The van der Waals surface area contributed by atoms with E-state index >= 15 is 0 Å². The van der Waals surface area contributed by atoms with Crippen LogP contribution in [0.25, 0.3) is 0 Å². The molecule has 0 aromatic rings. The molecular formula is C13H24O2. The quantitative estimate of drug-likeness (QED) is 0.724. The van der Waals surface area contributed by atoms with Crippen molar-refractivity contribution < 1.29 is 9.90 Å². The van der Waals surface area contributed by atoms with E-state index in [1.165, 1.54) is 25.7 Å². The topological polar surface area (TPSA) is 37.3 Å². The third kappa shape index (κ3) is 3.51. The molecule has 0 aliphatic heterocycles. The Hall–Kier alpha value is -0.530. The van der Waals surface area contributed by atoms with Gasteiger partial charge in [-0.05, 0) is 36.5 Å². The van der Waals surface area contributed by atoms with Crippen LogP contribution in [-0.2, 0) is 4.79 Å². The molecule has 2 atom stereocenters. The molecule has 1 saturated carbocycles. The summed E-state index contributed by atoms with van der Waals surface area (Å²) in [5, 5.41) is 8.91. The number of carboxylic acid groups (broad SMARTS) is 1. The minimum Gasteiger partial charge on any atom is -0.481 e. The molecule has 0 amide bonds. The van der Waals surface area contributed by atoms with Crippen LogP contribution in [0, 0.1) is 17.3 Å². The number of carbonyl (C=O) groups is 1. The molecule has 15 heavy (non-hydrogen) atoms. The fraction of sp³-hybridized carbons (Fsp3) is 0.923. The standard InChI is InChI=1S/C13H24O2/c1-4-10-5-6-11(9-12(14)15)13(2,3)8-7-10/h10-11H,4-9H2,1-3H3,(H,14,15). The van der Waals surface area contributed by atoms with E-state index in [-0.39, 0.29) is 5.41 Å². The summed E-state index contributed by atoms with van der Waals surface area (Å²) in [4.78, 5) is 10.8. The summed E-state index contributed by atoms with van der Waals surface area (Å²) in [6.45, 7) is 6.71. The van der Waals surface area contributed by atoms with Gasteiger partial charge in [0.05, 0.1) is 0 Å². The van der Waals surface area contributed by atoms with Crippen LogP contribution < -0.4 is 0 Å². The predicted molar refractivity (Wildman–Crippen MR) is 61.8 cm³/mol. The molecule has 1 rings (SSSR count). The van der Waals surface area contributed by atoms with Crippen molar-refractivity contribution in [3.63, 3.8) is 0 Å². The van der Waals surface area contributed by atoms with E-state index in [1.54, 1.807) is 0 Å². The molecular weight excluding hydrogens is 188 g/mol. The second kappa shape index (κ2) is 5.00. The summed E-state index contributed by atoms with van der Waals surface area (Å²) in [7, 11) is 0. The van der Waals surface area contributed by atoms with Crippen LogP contribution in [0.2, 0.25) is 0 Å². The Kier molecular flexibility index (Phi) is 4.18. The lowest BCUT2D eigenvalue weighted by atomic mass is 9.74. The molecule has 2 heteroatoms. The van der Waals surface area contributed by atoms with Crippen LogP contribution in [0.3, 0.4) is 0 Å². The van der Waals surface area contributed by atoms with Crippen molar-refractivity contribution in [2.45, 2.75) is 59.3 Å². The van der Waals surface area contributed by atoms with Crippen LogP contribution in [0.4, 0.5) is 0 Å². The van der Waals surface area contributed by atoms with E-state index in [1.807, 2.05) is 0 Å². The van der Waals surface area contributed by atoms with Crippen molar-refractivity contribution in [2.75, 3.05) is 0 Å². The first-order valence-electron chi connectivity index (χ1n) is 6.17. The Morgan fingerprint density at radius 3 is 2.53 bits per heavy atom. The lowest BCUT2D eigenvalue weighted by Crippen LogP contribution is -2.25. The van der Waals surface area contributed by atoms with E-state index in [9.17, 15) is 4.79 Å². The number of aliphatic carboxylic acids is 1. The number of carboxylic acids is 1. The van der Waals surface area contributed by atoms with Gasteiger partial charge < -0.3 is 5.11 Å². The van der Waals surface area contributed by atoms with Crippen LogP contribution in [0.1, 0.15) is 59.3 Å². The molecule has 0 aromatic heterocycles. The maximum atomic E-state index is 10.8. The highest BCUT2D eigenvalue weighted by Crippen LogP contribution is 2.43. The van der Waals surface area contributed by atoms with E-state index in [4.69, 9.17) is 5.11 Å². The van der Waals surface area contributed by atoms with Gasteiger partial charge in [-0.1, -0.05) is 33.6 Å². The maximum absolute atomic E-state index is 10.8. The van der Waals surface area contributed by atoms with Gasteiger partial charge in [0.2, 0.25) is 0 Å². The first-order valence-corrected chi connectivity index (χ1v) is 6.17. The van der Waals surface area contributed by atoms with Gasteiger partial charge in [-0.25, -0.2) is 0 Å². The molecule has 88 valence electrons. The molecule has 2 nitrogen and oxygen atoms in total. The summed E-state index contributed by atoms with van der Waals surface area (Å²) in [5.74, 6) is 0.553. The molecule has 0 aromatic carbocycles. The monoisotopic (exact) mass is 212 g/mol. The predicted octanol–water partition coefficient (Wildman–Crippen LogP) is 3.70. The van der Waals surface area contributed by atoms with Crippen molar-refractivity contribution in [1.29, 1.82) is 0 Å². The van der Waals surface area contributed by atoms with Crippen molar-refractivity contribution in [3.8, 4) is 0 Å². The summed E-state index contributed by atoms with van der Waals surface area (Å²) in [5.41, 5.74) is 0.211. The fourth-order valence-electron chi connectivity index (χ4n) is 2.75. The average Bonchev–Trinajstić information content (AvgIpc) is 2.27. The summed E-state index contributed by atoms with van der Waals surface area (Å²) >= 11 is 0. The van der Waals surface area contributed by atoms with E-state index in [0.29, 0.717) is 12.3 Å². The van der Waals surface area contributed by atoms with E-state index < -0.39 is 5.97 Å². The number of hydrogen-bond donors (Lipinski definition) is 1. The zero-order valence-corrected chi connectivity index (χ0v) is 10.3. The van der Waals surface area contributed by atoms with E-state index in [2.05, 4.69) is 20.8 Å². The minimum atomic E-state index is -0.636. The van der Waals surface area contributed by atoms with Crippen molar-refractivity contribution >= 4 is 5.97 Å². The molecule has 1 fully saturated rings. The Labute approximate surface area is 93.1 Å². The average molecular weight is 212 g/mol. The van der Waals surface area contributed by atoms with Gasteiger partial charge in [0, 0.05) is 6.42 Å². The number of rotatable bonds is 3.